The molecule has 9 nitrogen and oxygen atoms in total. The van der Waals surface area contributed by atoms with Crippen molar-refractivity contribution in [3.8, 4) is 0 Å². The van der Waals surface area contributed by atoms with Crippen LogP contribution in [-0.2, 0) is 19.6 Å². The second-order valence-electron chi connectivity index (χ2n) is 2.85. The van der Waals surface area contributed by atoms with Gasteiger partial charge in [-0.05, 0) is 0 Å². The third-order valence-corrected chi connectivity index (χ3v) is 2.85. The number of aromatic carboxylic acids is 1. The van der Waals surface area contributed by atoms with Crippen LogP contribution in [0, 0.1) is 0 Å². The highest BCUT2D eigenvalue weighted by molar-refractivity contribution is 7.89. The number of hydrogen-bond acceptors (Lipinski definition) is 6. The minimum absolute atomic E-state index is 0.00767. The Morgan fingerprint density at radius 1 is 1.59 bits per heavy atom. The molecule has 0 atom stereocenters. The van der Waals surface area contributed by atoms with E-state index in [-0.39, 0.29) is 13.2 Å². The van der Waals surface area contributed by atoms with Crippen LogP contribution in [-0.4, -0.2) is 50.0 Å². The molecule has 0 fully saturated rings. The molecule has 1 aromatic rings. The number of rotatable bonds is 7. The summed E-state index contributed by atoms with van der Waals surface area (Å²) in [6.45, 7) is 0.184. The number of methoxy groups -OCH3 is 1. The van der Waals surface area contributed by atoms with Gasteiger partial charge < -0.3 is 9.84 Å². The average molecular weight is 265 g/mol. The molecular weight excluding hydrogens is 254 g/mol. The van der Waals surface area contributed by atoms with Crippen LogP contribution in [0.2, 0.25) is 0 Å². The summed E-state index contributed by atoms with van der Waals surface area (Å²) in [7, 11) is -2.67. The monoisotopic (exact) mass is 265 g/mol. The number of nitrogens with zero attached hydrogens (tertiary/aromatic N) is 1. The van der Waals surface area contributed by atoms with Crippen molar-refractivity contribution in [1.29, 1.82) is 0 Å². The van der Waals surface area contributed by atoms with Crippen LogP contribution in [0.25, 0.3) is 0 Å². The summed E-state index contributed by atoms with van der Waals surface area (Å²) in [6.07, 6.45) is 0.895. The molecule has 3 N–H and O–H groups in total. The molecule has 0 saturated heterocycles. The summed E-state index contributed by atoms with van der Waals surface area (Å²) in [5, 5.41) is 13.6. The quantitative estimate of drug-likeness (QED) is 0.424. The van der Waals surface area contributed by atoms with Gasteiger partial charge in [0.05, 0.1) is 19.4 Å². The van der Waals surface area contributed by atoms with Crippen LogP contribution in [0.5, 0.6) is 0 Å². The van der Waals surface area contributed by atoms with E-state index in [9.17, 15) is 13.2 Å². The molecule has 0 amide bonds. The number of ether oxygens (including phenoxy) is 1. The van der Waals surface area contributed by atoms with Crippen LogP contribution < -0.4 is 4.89 Å². The molecular formula is C7H11N3O6S. The predicted molar refractivity (Wildman–Crippen MR) is 53.7 cm³/mol. The highest BCUT2D eigenvalue weighted by atomic mass is 32.2. The summed E-state index contributed by atoms with van der Waals surface area (Å²) in [5.41, 5.74) is -0.465. The number of aromatic nitrogens is 2. The van der Waals surface area contributed by atoms with Crippen LogP contribution in [0.3, 0.4) is 0 Å². The van der Waals surface area contributed by atoms with Crippen molar-refractivity contribution in [3.05, 3.63) is 11.8 Å². The molecule has 0 aliphatic carbocycles. The highest BCUT2D eigenvalue weighted by Gasteiger charge is 2.24. The average Bonchev–Trinajstić information content (AvgIpc) is 2.74. The predicted octanol–water partition coefficient (Wildman–Crippen LogP) is -1.04. The lowest BCUT2D eigenvalue weighted by molar-refractivity contribution is 0.0436. The maximum atomic E-state index is 11.6. The first-order chi connectivity index (χ1) is 7.99. The Kier molecular flexibility index (Phi) is 4.57. The minimum Gasteiger partial charge on any atom is -0.478 e. The lowest BCUT2D eigenvalue weighted by Gasteiger charge is -2.05. The van der Waals surface area contributed by atoms with Crippen molar-refractivity contribution in [2.24, 2.45) is 0 Å². The molecule has 0 aromatic carbocycles. The Labute approximate surface area is 96.7 Å². The standard InChI is InChI=1S/C7H11N3O6S/c1-15-2-3-16-10-17(13,14)6-5(7(11)12)4-8-9-6/h4,10H,2-3H2,1H3,(H,8,9)(H,11,12). The number of hydrogen-bond donors (Lipinski definition) is 3. The zero-order valence-corrected chi connectivity index (χ0v) is 9.65. The minimum atomic E-state index is -4.10. The molecule has 0 radical (unpaired) electrons. The van der Waals surface area contributed by atoms with E-state index in [1.807, 2.05) is 0 Å². The van der Waals surface area contributed by atoms with Gasteiger partial charge in [0.15, 0.2) is 5.03 Å². The van der Waals surface area contributed by atoms with E-state index in [1.165, 1.54) is 7.11 Å². The molecule has 17 heavy (non-hydrogen) atoms. The molecule has 10 heteroatoms. The van der Waals surface area contributed by atoms with E-state index in [1.54, 1.807) is 4.89 Å². The van der Waals surface area contributed by atoms with E-state index in [4.69, 9.17) is 5.11 Å². The van der Waals surface area contributed by atoms with Crippen molar-refractivity contribution >= 4 is 16.0 Å². The summed E-state index contributed by atoms with van der Waals surface area (Å²) >= 11 is 0. The number of H-pyrrole nitrogens is 1. The van der Waals surface area contributed by atoms with Gasteiger partial charge in [-0.15, -0.1) is 0 Å². The Bertz CT molecular complexity index is 482. The Hall–Kier alpha value is -1.49. The topological polar surface area (TPSA) is 131 Å². The number of nitrogens with one attached hydrogen (secondary N) is 2. The van der Waals surface area contributed by atoms with E-state index in [0.717, 1.165) is 6.20 Å². The Morgan fingerprint density at radius 2 is 2.29 bits per heavy atom. The van der Waals surface area contributed by atoms with Gasteiger partial charge in [-0.2, -0.15) is 5.10 Å². The van der Waals surface area contributed by atoms with E-state index in [2.05, 4.69) is 19.8 Å². The zero-order chi connectivity index (χ0) is 12.9. The third kappa shape index (κ3) is 3.49. The molecule has 0 aliphatic rings. The normalized spacial score (nSPS) is 11.6. The molecule has 0 saturated carbocycles. The molecule has 1 aromatic heterocycles. The maximum absolute atomic E-state index is 11.6. The van der Waals surface area contributed by atoms with Crippen molar-refractivity contribution < 1.29 is 27.9 Å². The van der Waals surface area contributed by atoms with Gasteiger partial charge in [-0.25, -0.2) is 13.2 Å². The molecule has 96 valence electrons. The first-order valence-electron chi connectivity index (χ1n) is 4.38. The molecule has 1 heterocycles. The summed E-state index contributed by atoms with van der Waals surface area (Å²) in [5.74, 6) is -1.41. The van der Waals surface area contributed by atoms with Gasteiger partial charge in [-0.3, -0.25) is 9.94 Å². The van der Waals surface area contributed by atoms with E-state index in [0.29, 0.717) is 0 Å². The summed E-state index contributed by atoms with van der Waals surface area (Å²) in [4.78, 5) is 17.0. The Morgan fingerprint density at radius 3 is 2.88 bits per heavy atom. The fraction of sp³-hybridized carbons (Fsp3) is 0.429. The lowest BCUT2D eigenvalue weighted by Crippen LogP contribution is -2.27. The second kappa shape index (κ2) is 5.72. The molecule has 0 bridgehead atoms. The van der Waals surface area contributed by atoms with Crippen LogP contribution in [0.4, 0.5) is 0 Å². The SMILES string of the molecule is COCCONS(=O)(=O)c1[nH]ncc1C(=O)O. The van der Waals surface area contributed by atoms with Crippen molar-refractivity contribution in [2.45, 2.75) is 5.03 Å². The van der Waals surface area contributed by atoms with Crippen molar-refractivity contribution in [3.63, 3.8) is 0 Å². The molecule has 0 aliphatic heterocycles. The number of sulfonamides is 1. The number of carbonyl (C=O) groups is 1. The first-order valence-corrected chi connectivity index (χ1v) is 5.86. The van der Waals surface area contributed by atoms with Crippen LogP contribution >= 0.6 is 0 Å². The molecule has 1 rings (SSSR count). The molecule has 0 unspecified atom stereocenters. The largest absolute Gasteiger partial charge is 0.478 e. The maximum Gasteiger partial charge on any atom is 0.340 e. The number of aromatic amines is 1. The van der Waals surface area contributed by atoms with Gasteiger partial charge in [0.25, 0.3) is 10.0 Å². The lowest BCUT2D eigenvalue weighted by atomic mass is 10.4. The van der Waals surface area contributed by atoms with Gasteiger partial charge in [0, 0.05) is 7.11 Å². The fourth-order valence-electron chi connectivity index (χ4n) is 0.917. The second-order valence-corrected chi connectivity index (χ2v) is 4.43. The van der Waals surface area contributed by atoms with Crippen LogP contribution in [0.1, 0.15) is 10.4 Å². The van der Waals surface area contributed by atoms with Gasteiger partial charge in [0.2, 0.25) is 0 Å². The smallest absolute Gasteiger partial charge is 0.340 e. The summed E-state index contributed by atoms with van der Waals surface area (Å²) in [6, 6.07) is 0. The van der Waals surface area contributed by atoms with Gasteiger partial charge in [0.1, 0.15) is 5.56 Å². The van der Waals surface area contributed by atoms with Gasteiger partial charge >= 0.3 is 5.97 Å². The highest BCUT2D eigenvalue weighted by Crippen LogP contribution is 2.11. The van der Waals surface area contributed by atoms with E-state index < -0.39 is 26.6 Å². The number of carboxylic acids is 1. The molecule has 0 spiro atoms. The Balaban J connectivity index is 2.76. The van der Waals surface area contributed by atoms with Gasteiger partial charge in [-0.1, -0.05) is 4.89 Å². The van der Waals surface area contributed by atoms with Crippen molar-refractivity contribution in [2.75, 3.05) is 20.3 Å². The van der Waals surface area contributed by atoms with E-state index >= 15 is 0 Å². The van der Waals surface area contributed by atoms with Crippen LogP contribution in [0.15, 0.2) is 11.2 Å². The first kappa shape index (κ1) is 13.6. The number of carboxylic acid groups (broad SMARTS) is 1. The zero-order valence-electron chi connectivity index (χ0n) is 8.84. The summed E-state index contributed by atoms with van der Waals surface area (Å²) < 4.78 is 27.8. The van der Waals surface area contributed by atoms with Crippen molar-refractivity contribution in [1.82, 2.24) is 15.1 Å². The fourth-order valence-corrected chi connectivity index (χ4v) is 1.84. The third-order valence-electron chi connectivity index (χ3n) is 1.66.